The van der Waals surface area contributed by atoms with Crippen molar-refractivity contribution >= 4 is 21.9 Å². The average molecular weight is 421 g/mol. The van der Waals surface area contributed by atoms with E-state index in [0.717, 1.165) is 10.0 Å². The Morgan fingerprint density at radius 1 is 1.15 bits per heavy atom. The smallest absolute Gasteiger partial charge is 0.387 e. The highest BCUT2D eigenvalue weighted by atomic mass is 79.9. The van der Waals surface area contributed by atoms with Crippen LogP contribution in [0.5, 0.6) is 5.75 Å². The molecule has 1 aromatic heterocycles. The van der Waals surface area contributed by atoms with Gasteiger partial charge >= 0.3 is 6.61 Å². The minimum absolute atomic E-state index is 0.0237. The van der Waals surface area contributed by atoms with Gasteiger partial charge in [0.15, 0.2) is 0 Å². The first-order chi connectivity index (χ1) is 12.6. The molecule has 2 aromatic carbocycles. The van der Waals surface area contributed by atoms with Crippen LogP contribution in [0, 0.1) is 0 Å². The molecule has 0 bridgehead atoms. The van der Waals surface area contributed by atoms with Gasteiger partial charge in [-0.3, -0.25) is 0 Å². The van der Waals surface area contributed by atoms with E-state index in [1.807, 2.05) is 24.3 Å². The van der Waals surface area contributed by atoms with Crippen LogP contribution in [0.25, 0.3) is 0 Å². The van der Waals surface area contributed by atoms with Gasteiger partial charge in [-0.2, -0.15) is 18.9 Å². The summed E-state index contributed by atoms with van der Waals surface area (Å²) in [7, 11) is 0. The molecular formula is C18H15BrF2N4O. The third-order valence-corrected chi connectivity index (χ3v) is 4.93. The van der Waals surface area contributed by atoms with Crippen molar-refractivity contribution in [2.24, 2.45) is 0 Å². The molecule has 4 rings (SSSR count). The standard InChI is InChI=1S/C18H15BrF2N4O/c19-12-7-5-11(6-8-12)14-9-15(25-18(24-14)22-10-23-25)13-3-1-2-4-16(13)26-17(20)21/h1-8,10,14-15,17H,9H2,(H,22,23,24). The molecular weight excluding hydrogens is 406 g/mol. The van der Waals surface area contributed by atoms with Crippen molar-refractivity contribution in [2.45, 2.75) is 25.1 Å². The summed E-state index contributed by atoms with van der Waals surface area (Å²) in [6, 6.07) is 14.5. The number of anilines is 1. The van der Waals surface area contributed by atoms with Crippen LogP contribution in [-0.2, 0) is 0 Å². The Balaban J connectivity index is 1.73. The van der Waals surface area contributed by atoms with Gasteiger partial charge in [-0.25, -0.2) is 4.68 Å². The van der Waals surface area contributed by atoms with Crippen molar-refractivity contribution < 1.29 is 13.5 Å². The first-order valence-corrected chi connectivity index (χ1v) is 8.86. The maximum atomic E-state index is 12.8. The second-order valence-corrected chi connectivity index (χ2v) is 6.86. The fourth-order valence-corrected chi connectivity index (χ4v) is 3.52. The number of rotatable bonds is 4. The molecule has 0 saturated heterocycles. The summed E-state index contributed by atoms with van der Waals surface area (Å²) < 4.78 is 33.0. The Labute approximate surface area is 157 Å². The minimum Gasteiger partial charge on any atom is -0.434 e. The molecule has 0 saturated carbocycles. The highest BCUT2D eigenvalue weighted by Gasteiger charge is 2.31. The van der Waals surface area contributed by atoms with E-state index in [4.69, 9.17) is 4.74 Å². The lowest BCUT2D eigenvalue weighted by Crippen LogP contribution is -2.28. The number of nitrogens with zero attached hydrogens (tertiary/aromatic N) is 3. The maximum absolute atomic E-state index is 12.8. The monoisotopic (exact) mass is 420 g/mol. The van der Waals surface area contributed by atoms with Gasteiger partial charge in [0.2, 0.25) is 5.95 Å². The van der Waals surface area contributed by atoms with Crippen LogP contribution in [0.3, 0.4) is 0 Å². The fourth-order valence-electron chi connectivity index (χ4n) is 3.25. The predicted octanol–water partition coefficient (Wildman–Crippen LogP) is 4.79. The zero-order chi connectivity index (χ0) is 18.1. The molecule has 0 radical (unpaired) electrons. The Morgan fingerprint density at radius 3 is 2.69 bits per heavy atom. The highest BCUT2D eigenvalue weighted by molar-refractivity contribution is 9.10. The molecule has 1 aliphatic rings. The molecule has 2 heterocycles. The predicted molar refractivity (Wildman–Crippen MR) is 96.4 cm³/mol. The number of benzene rings is 2. The molecule has 26 heavy (non-hydrogen) atoms. The lowest BCUT2D eigenvalue weighted by molar-refractivity contribution is -0.0507. The molecule has 2 atom stereocenters. The summed E-state index contributed by atoms with van der Waals surface area (Å²) in [4.78, 5) is 4.26. The van der Waals surface area contributed by atoms with E-state index < -0.39 is 6.61 Å². The summed E-state index contributed by atoms with van der Waals surface area (Å²) in [6.45, 7) is -2.88. The van der Waals surface area contributed by atoms with Crippen LogP contribution < -0.4 is 10.1 Å². The van der Waals surface area contributed by atoms with Gasteiger partial charge in [-0.05, 0) is 30.2 Å². The van der Waals surface area contributed by atoms with Gasteiger partial charge in [0.25, 0.3) is 0 Å². The van der Waals surface area contributed by atoms with Crippen molar-refractivity contribution in [3.8, 4) is 5.75 Å². The maximum Gasteiger partial charge on any atom is 0.387 e. The van der Waals surface area contributed by atoms with Gasteiger partial charge in [-0.15, -0.1) is 0 Å². The van der Waals surface area contributed by atoms with Crippen LogP contribution in [0.2, 0.25) is 0 Å². The number of ether oxygens (including phenoxy) is 1. The van der Waals surface area contributed by atoms with E-state index in [1.54, 1.807) is 28.9 Å². The number of hydrogen-bond acceptors (Lipinski definition) is 4. The van der Waals surface area contributed by atoms with E-state index in [2.05, 4.69) is 31.3 Å². The number of para-hydroxylation sites is 1. The summed E-state index contributed by atoms with van der Waals surface area (Å²) in [5, 5.41) is 7.63. The molecule has 134 valence electrons. The summed E-state index contributed by atoms with van der Waals surface area (Å²) in [5.74, 6) is 0.756. The van der Waals surface area contributed by atoms with Gasteiger partial charge in [0.1, 0.15) is 12.1 Å². The second kappa shape index (κ2) is 7.03. The summed E-state index contributed by atoms with van der Waals surface area (Å²) >= 11 is 3.44. The lowest BCUT2D eigenvalue weighted by Gasteiger charge is -2.32. The number of fused-ring (bicyclic) bond motifs is 1. The Morgan fingerprint density at radius 2 is 1.92 bits per heavy atom. The number of halogens is 3. The van der Waals surface area contributed by atoms with Crippen molar-refractivity contribution in [3.63, 3.8) is 0 Å². The van der Waals surface area contributed by atoms with Crippen molar-refractivity contribution in [3.05, 3.63) is 70.5 Å². The van der Waals surface area contributed by atoms with Gasteiger partial charge in [-0.1, -0.05) is 46.3 Å². The highest BCUT2D eigenvalue weighted by Crippen LogP contribution is 2.40. The van der Waals surface area contributed by atoms with Crippen molar-refractivity contribution in [2.75, 3.05) is 5.32 Å². The van der Waals surface area contributed by atoms with Crippen molar-refractivity contribution in [1.82, 2.24) is 14.8 Å². The van der Waals surface area contributed by atoms with Gasteiger partial charge in [0, 0.05) is 10.0 Å². The minimum atomic E-state index is -2.88. The summed E-state index contributed by atoms with van der Waals surface area (Å²) in [5.41, 5.74) is 1.74. The molecule has 5 nitrogen and oxygen atoms in total. The van der Waals surface area contributed by atoms with E-state index in [1.165, 1.54) is 6.33 Å². The van der Waals surface area contributed by atoms with Gasteiger partial charge in [0.05, 0.1) is 12.1 Å². The van der Waals surface area contributed by atoms with Crippen LogP contribution in [0.15, 0.2) is 59.3 Å². The zero-order valence-corrected chi connectivity index (χ0v) is 15.1. The average Bonchev–Trinajstić information content (AvgIpc) is 3.10. The quantitative estimate of drug-likeness (QED) is 0.659. The third kappa shape index (κ3) is 3.29. The lowest BCUT2D eigenvalue weighted by atomic mass is 9.93. The van der Waals surface area contributed by atoms with E-state index in [-0.39, 0.29) is 17.8 Å². The molecule has 0 aliphatic carbocycles. The van der Waals surface area contributed by atoms with Crippen molar-refractivity contribution in [1.29, 1.82) is 0 Å². The van der Waals surface area contributed by atoms with E-state index in [0.29, 0.717) is 17.9 Å². The Hall–Kier alpha value is -2.48. The molecule has 1 aliphatic heterocycles. The molecule has 2 unspecified atom stereocenters. The Kier molecular flexibility index (Phi) is 4.58. The van der Waals surface area contributed by atoms with Crippen LogP contribution in [-0.4, -0.2) is 21.4 Å². The number of aromatic nitrogens is 3. The Bertz CT molecular complexity index is 900. The molecule has 1 N–H and O–H groups in total. The summed E-state index contributed by atoms with van der Waals surface area (Å²) in [6.07, 6.45) is 2.08. The van der Waals surface area contributed by atoms with Gasteiger partial charge < -0.3 is 10.1 Å². The zero-order valence-electron chi connectivity index (χ0n) is 13.5. The number of nitrogens with one attached hydrogen (secondary N) is 1. The normalized spacial score (nSPS) is 19.1. The van der Waals surface area contributed by atoms with Crippen LogP contribution in [0.4, 0.5) is 14.7 Å². The fraction of sp³-hybridized carbons (Fsp3) is 0.222. The number of hydrogen-bond donors (Lipinski definition) is 1. The SMILES string of the molecule is FC(F)Oc1ccccc1C1CC(c2ccc(Br)cc2)Nc2ncnn21. The molecule has 0 amide bonds. The first-order valence-electron chi connectivity index (χ1n) is 8.07. The molecule has 8 heteroatoms. The third-order valence-electron chi connectivity index (χ3n) is 4.40. The molecule has 0 spiro atoms. The molecule has 3 aromatic rings. The second-order valence-electron chi connectivity index (χ2n) is 5.94. The molecule has 0 fully saturated rings. The van der Waals surface area contributed by atoms with E-state index >= 15 is 0 Å². The van der Waals surface area contributed by atoms with Crippen LogP contribution in [0.1, 0.15) is 29.6 Å². The number of alkyl halides is 2. The first kappa shape index (κ1) is 17.0. The topological polar surface area (TPSA) is 52.0 Å². The van der Waals surface area contributed by atoms with E-state index in [9.17, 15) is 8.78 Å². The van der Waals surface area contributed by atoms with Crippen LogP contribution >= 0.6 is 15.9 Å². The largest absolute Gasteiger partial charge is 0.434 e.